The van der Waals surface area contributed by atoms with Gasteiger partial charge in [0.25, 0.3) is 0 Å². The number of aromatic nitrogens is 2. The number of benzene rings is 3. The van der Waals surface area contributed by atoms with E-state index < -0.39 is 0 Å². The van der Waals surface area contributed by atoms with Gasteiger partial charge in [-0.15, -0.1) is 0 Å². The second-order valence-electron chi connectivity index (χ2n) is 9.71. The summed E-state index contributed by atoms with van der Waals surface area (Å²) in [7, 11) is 0. The Hall–Kier alpha value is -4.62. The first-order valence-electron chi connectivity index (χ1n) is 15.0. The van der Waals surface area contributed by atoms with Gasteiger partial charge in [-0.05, 0) is 86.8 Å². The highest BCUT2D eigenvalue weighted by Crippen LogP contribution is 2.29. The van der Waals surface area contributed by atoms with Gasteiger partial charge in [-0.3, -0.25) is 4.99 Å². The smallest absolute Gasteiger partial charge is 0.119 e. The van der Waals surface area contributed by atoms with Crippen molar-refractivity contribution < 1.29 is 14.2 Å². The molecule has 0 saturated carbocycles. The van der Waals surface area contributed by atoms with E-state index in [1.807, 2.05) is 69.9 Å². The third kappa shape index (κ3) is 10.0. The number of nitrogens with one attached hydrogen (secondary N) is 1. The van der Waals surface area contributed by atoms with Gasteiger partial charge in [0, 0.05) is 49.4 Å². The average molecular weight is 579 g/mol. The van der Waals surface area contributed by atoms with Gasteiger partial charge in [0.05, 0.1) is 37.5 Å². The lowest BCUT2D eigenvalue weighted by atomic mass is 10.0. The molecule has 43 heavy (non-hydrogen) atoms. The van der Waals surface area contributed by atoms with Crippen LogP contribution in [0.15, 0.2) is 103 Å². The topological polar surface area (TPSA) is 69.9 Å². The molecule has 0 unspecified atom stereocenters. The molecule has 0 spiro atoms. The Morgan fingerprint density at radius 2 is 1.47 bits per heavy atom. The molecule has 0 aliphatic rings. The van der Waals surface area contributed by atoms with Crippen LogP contribution in [-0.4, -0.2) is 48.7 Å². The minimum absolute atomic E-state index is 0.611. The van der Waals surface area contributed by atoms with Gasteiger partial charge in [-0.25, -0.2) is 4.98 Å². The summed E-state index contributed by atoms with van der Waals surface area (Å²) >= 11 is 0. The van der Waals surface area contributed by atoms with Gasteiger partial charge < -0.3 is 24.1 Å². The van der Waals surface area contributed by atoms with Crippen LogP contribution >= 0.6 is 0 Å². The van der Waals surface area contributed by atoms with Crippen LogP contribution in [0.25, 0.3) is 17.5 Å². The highest BCUT2D eigenvalue weighted by Gasteiger charge is 2.13. The normalized spacial score (nSPS) is 12.1. The third-order valence-corrected chi connectivity index (χ3v) is 6.59. The zero-order valence-corrected chi connectivity index (χ0v) is 25.4. The fraction of sp³-hybridized carbons (Fsp3) is 0.278. The number of nitrogens with zero attached hydrogens (tertiary/aromatic N) is 3. The van der Waals surface area contributed by atoms with Crippen molar-refractivity contribution in [2.24, 2.45) is 4.99 Å². The second-order valence-corrected chi connectivity index (χ2v) is 9.71. The summed E-state index contributed by atoms with van der Waals surface area (Å²) in [5.74, 6) is 1.67. The summed E-state index contributed by atoms with van der Waals surface area (Å²) in [4.78, 5) is 9.25. The molecule has 0 aliphatic heterocycles. The van der Waals surface area contributed by atoms with Crippen LogP contribution < -0.4 is 14.8 Å². The molecule has 0 fully saturated rings. The molecule has 0 amide bonds. The van der Waals surface area contributed by atoms with E-state index in [0.717, 1.165) is 64.7 Å². The molecule has 0 saturated heterocycles. The minimum Gasteiger partial charge on any atom is -0.494 e. The first kappa shape index (κ1) is 31.3. The monoisotopic (exact) mass is 578 g/mol. The molecule has 4 aromatic rings. The highest BCUT2D eigenvalue weighted by atomic mass is 16.5. The first-order valence-corrected chi connectivity index (χ1v) is 15.0. The largest absolute Gasteiger partial charge is 0.494 e. The first-order chi connectivity index (χ1) is 21.2. The number of aliphatic imine (C=N–C) groups is 1. The zero-order valence-electron chi connectivity index (χ0n) is 25.4. The maximum Gasteiger partial charge on any atom is 0.119 e. The molecule has 0 bridgehead atoms. The average Bonchev–Trinajstić information content (AvgIpc) is 3.56. The van der Waals surface area contributed by atoms with Gasteiger partial charge in [-0.1, -0.05) is 36.4 Å². The molecule has 7 nitrogen and oxygen atoms in total. The predicted molar refractivity (Wildman–Crippen MR) is 176 cm³/mol. The van der Waals surface area contributed by atoms with Crippen molar-refractivity contribution in [1.29, 1.82) is 0 Å². The molecule has 3 aromatic carbocycles. The SMILES string of the molecule is CCOC/C=C/c1ccc(C=N/C(=C(\NCCCn2ccnc2)c2ccc(OCC)cc2)c2ccc(OCC)cc2)cc1. The number of ether oxygens (including phenoxy) is 3. The summed E-state index contributed by atoms with van der Waals surface area (Å²) < 4.78 is 18.9. The Balaban J connectivity index is 1.68. The molecule has 224 valence electrons. The Bertz CT molecular complexity index is 1440. The number of rotatable bonds is 17. The molecular formula is C36H42N4O3. The van der Waals surface area contributed by atoms with Crippen LogP contribution in [0.5, 0.6) is 11.5 Å². The Morgan fingerprint density at radius 1 is 0.814 bits per heavy atom. The van der Waals surface area contributed by atoms with Gasteiger partial charge >= 0.3 is 0 Å². The fourth-order valence-corrected chi connectivity index (χ4v) is 4.46. The summed E-state index contributed by atoms with van der Waals surface area (Å²) in [6.07, 6.45) is 12.6. The molecular weight excluding hydrogens is 536 g/mol. The van der Waals surface area contributed by atoms with Crippen molar-refractivity contribution in [3.05, 3.63) is 120 Å². The molecule has 0 aliphatic carbocycles. The lowest BCUT2D eigenvalue weighted by Gasteiger charge is -2.17. The second kappa shape index (κ2) is 17.4. The molecule has 1 heterocycles. The maximum absolute atomic E-state index is 5.71. The lowest BCUT2D eigenvalue weighted by molar-refractivity contribution is 0.178. The Morgan fingerprint density at radius 3 is 2.07 bits per heavy atom. The Labute approximate surface area is 255 Å². The Kier molecular flexibility index (Phi) is 12.6. The van der Waals surface area contributed by atoms with E-state index in [1.54, 1.807) is 6.20 Å². The van der Waals surface area contributed by atoms with Crippen molar-refractivity contribution in [2.75, 3.05) is 33.0 Å². The van der Waals surface area contributed by atoms with Crippen molar-refractivity contribution in [3.8, 4) is 11.5 Å². The summed E-state index contributed by atoms with van der Waals surface area (Å²) in [5.41, 5.74) is 5.94. The van der Waals surface area contributed by atoms with Crippen molar-refractivity contribution in [3.63, 3.8) is 0 Å². The fourth-order valence-electron chi connectivity index (χ4n) is 4.46. The number of aryl methyl sites for hydroxylation is 1. The van der Waals surface area contributed by atoms with Gasteiger partial charge in [0.1, 0.15) is 11.5 Å². The van der Waals surface area contributed by atoms with Gasteiger partial charge in [0.2, 0.25) is 0 Å². The number of imidazole rings is 1. The number of hydrogen-bond donors (Lipinski definition) is 1. The molecule has 7 heteroatoms. The molecule has 0 atom stereocenters. The van der Waals surface area contributed by atoms with Crippen LogP contribution in [-0.2, 0) is 11.3 Å². The summed E-state index contributed by atoms with van der Waals surface area (Å²) in [6, 6.07) is 24.6. The van der Waals surface area contributed by atoms with E-state index in [2.05, 4.69) is 69.5 Å². The highest BCUT2D eigenvalue weighted by molar-refractivity contribution is 5.95. The van der Waals surface area contributed by atoms with Gasteiger partial charge in [-0.2, -0.15) is 0 Å². The van der Waals surface area contributed by atoms with Crippen molar-refractivity contribution >= 4 is 23.7 Å². The quantitative estimate of drug-likeness (QED) is 0.0806. The molecule has 1 aromatic heterocycles. The number of hydrogen-bond acceptors (Lipinski definition) is 6. The molecule has 1 N–H and O–H groups in total. The third-order valence-electron chi connectivity index (χ3n) is 6.59. The van der Waals surface area contributed by atoms with E-state index >= 15 is 0 Å². The van der Waals surface area contributed by atoms with Crippen molar-refractivity contribution in [2.45, 2.75) is 33.7 Å². The van der Waals surface area contributed by atoms with Gasteiger partial charge in [0.15, 0.2) is 0 Å². The van der Waals surface area contributed by atoms with E-state index in [9.17, 15) is 0 Å². The summed E-state index contributed by atoms with van der Waals surface area (Å²) in [5, 5.41) is 3.71. The van der Waals surface area contributed by atoms with Crippen LogP contribution in [0.4, 0.5) is 0 Å². The van der Waals surface area contributed by atoms with Crippen molar-refractivity contribution in [1.82, 2.24) is 14.9 Å². The van der Waals surface area contributed by atoms with E-state index in [1.165, 1.54) is 0 Å². The van der Waals surface area contributed by atoms with E-state index in [0.29, 0.717) is 26.4 Å². The lowest BCUT2D eigenvalue weighted by Crippen LogP contribution is -2.17. The predicted octanol–water partition coefficient (Wildman–Crippen LogP) is 7.36. The molecule has 0 radical (unpaired) electrons. The van der Waals surface area contributed by atoms with Crippen LogP contribution in [0.3, 0.4) is 0 Å². The maximum atomic E-state index is 5.71. The van der Waals surface area contributed by atoms with E-state index in [4.69, 9.17) is 19.2 Å². The zero-order chi connectivity index (χ0) is 30.1. The minimum atomic E-state index is 0.611. The molecule has 4 rings (SSSR count). The van der Waals surface area contributed by atoms with E-state index in [-0.39, 0.29) is 0 Å². The van der Waals surface area contributed by atoms with Crippen LogP contribution in [0, 0.1) is 0 Å². The van der Waals surface area contributed by atoms with Crippen LogP contribution in [0.1, 0.15) is 49.4 Å². The summed E-state index contributed by atoms with van der Waals surface area (Å²) in [6.45, 7) is 10.2. The van der Waals surface area contributed by atoms with Crippen LogP contribution in [0.2, 0.25) is 0 Å². The standard InChI is InChI=1S/C36H42N4O3/c1-4-41-26-7-9-29-10-12-30(13-11-29)27-39-36(32-16-20-34(21-17-32)43-6-3)35(31-14-18-33(19-15-31)42-5-2)38-22-8-24-40-25-23-37-28-40/h7,9-21,23,25,27-28,38H,4-6,8,22,24,26H2,1-3H3/b9-7+,36-35-,39-27?.